The van der Waals surface area contributed by atoms with Crippen molar-refractivity contribution in [2.24, 2.45) is 15.9 Å². The van der Waals surface area contributed by atoms with Gasteiger partial charge in [0.1, 0.15) is 0 Å². The molecular formula is C22H25N3O2S. The Morgan fingerprint density at radius 2 is 1.75 bits per heavy atom. The maximum absolute atomic E-state index is 12.1. The summed E-state index contributed by atoms with van der Waals surface area (Å²) in [6.07, 6.45) is 6.76. The van der Waals surface area contributed by atoms with Crippen LogP contribution in [0.2, 0.25) is 0 Å². The highest BCUT2D eigenvalue weighted by Gasteiger charge is 2.26. The van der Waals surface area contributed by atoms with E-state index in [1.54, 1.807) is 12.4 Å². The number of amides is 1. The number of carbonyl (C=O) groups is 1. The molecule has 0 radical (unpaired) electrons. The Hall–Kier alpha value is -2.44. The van der Waals surface area contributed by atoms with Crippen LogP contribution in [0.5, 0.6) is 0 Å². The Bertz CT molecular complexity index is 914. The Morgan fingerprint density at radius 1 is 1.14 bits per heavy atom. The highest BCUT2D eigenvalue weighted by atomic mass is 32.2. The first-order valence-electron chi connectivity index (χ1n) is 9.23. The van der Waals surface area contributed by atoms with Gasteiger partial charge in [-0.25, -0.2) is 10.1 Å². The van der Waals surface area contributed by atoms with Crippen LogP contribution < -0.4 is 0 Å². The second kappa shape index (κ2) is 7.89. The molecular weight excluding hydrogens is 370 g/mol. The second-order valence-electron chi connectivity index (χ2n) is 8.07. The zero-order chi connectivity index (χ0) is 20.5. The fraction of sp³-hybridized carbons (Fsp3) is 0.318. The van der Waals surface area contributed by atoms with Crippen LogP contribution in [0.25, 0.3) is 0 Å². The average Bonchev–Trinajstić information content (AvgIpc) is 3.05. The molecule has 0 aliphatic carbocycles. The maximum atomic E-state index is 12.1. The summed E-state index contributed by atoms with van der Waals surface area (Å²) in [4.78, 5) is 21.8. The predicted octanol–water partition coefficient (Wildman–Crippen LogP) is 5.04. The summed E-state index contributed by atoms with van der Waals surface area (Å²) in [6, 6.07) is 8.34. The van der Waals surface area contributed by atoms with E-state index < -0.39 is 0 Å². The number of nitrogens with zero attached hydrogens (tertiary/aromatic N) is 3. The average molecular weight is 396 g/mol. The van der Waals surface area contributed by atoms with Crippen LogP contribution >= 0.6 is 11.8 Å². The first-order chi connectivity index (χ1) is 13.1. The fourth-order valence-electron chi connectivity index (χ4n) is 2.67. The second-order valence-corrected chi connectivity index (χ2v) is 9.05. The first kappa shape index (κ1) is 20.3. The van der Waals surface area contributed by atoms with Crippen LogP contribution in [-0.4, -0.2) is 27.1 Å². The maximum Gasteiger partial charge on any atom is 0.250 e. The molecule has 0 fully saturated rings. The molecule has 0 bridgehead atoms. The minimum absolute atomic E-state index is 0.0712. The van der Waals surface area contributed by atoms with E-state index in [0.717, 1.165) is 26.8 Å². The molecule has 28 heavy (non-hydrogen) atoms. The van der Waals surface area contributed by atoms with Gasteiger partial charge >= 0.3 is 0 Å². The quantitative estimate of drug-likeness (QED) is 0.761. The summed E-state index contributed by atoms with van der Waals surface area (Å²) in [5.41, 5.74) is 3.99. The van der Waals surface area contributed by atoms with Crippen molar-refractivity contribution in [1.29, 1.82) is 0 Å². The molecule has 5 nitrogen and oxygen atoms in total. The van der Waals surface area contributed by atoms with Crippen LogP contribution in [-0.2, 0) is 10.2 Å². The minimum atomic E-state index is -0.184. The third-order valence-corrected chi connectivity index (χ3v) is 5.41. The number of thioether (sulfide) groups is 1. The van der Waals surface area contributed by atoms with Crippen molar-refractivity contribution in [3.05, 3.63) is 70.4 Å². The van der Waals surface area contributed by atoms with Gasteiger partial charge < -0.3 is 0 Å². The van der Waals surface area contributed by atoms with E-state index in [1.165, 1.54) is 17.3 Å². The molecule has 0 atom stereocenters. The van der Waals surface area contributed by atoms with Gasteiger partial charge in [0.2, 0.25) is 0 Å². The largest absolute Gasteiger partial charge is 0.285 e. The summed E-state index contributed by atoms with van der Waals surface area (Å²) in [6.45, 7) is 10.2. The molecule has 0 aromatic heterocycles. The number of hydrogen-bond donors (Lipinski definition) is 1. The molecule has 2 aliphatic rings. The van der Waals surface area contributed by atoms with Crippen LogP contribution in [0.15, 0.2) is 69.3 Å². The van der Waals surface area contributed by atoms with E-state index in [-0.39, 0.29) is 17.2 Å². The summed E-state index contributed by atoms with van der Waals surface area (Å²) >= 11 is 1.38. The Labute approximate surface area is 170 Å². The van der Waals surface area contributed by atoms with Gasteiger partial charge in [0.25, 0.3) is 5.91 Å². The Morgan fingerprint density at radius 3 is 2.29 bits per heavy atom. The van der Waals surface area contributed by atoms with Gasteiger partial charge in [-0.1, -0.05) is 58.9 Å². The van der Waals surface area contributed by atoms with Crippen LogP contribution in [0.1, 0.15) is 45.7 Å². The van der Waals surface area contributed by atoms with Gasteiger partial charge in [-0.2, -0.15) is 4.99 Å². The number of amidine groups is 1. The van der Waals surface area contributed by atoms with Crippen LogP contribution in [0.4, 0.5) is 0 Å². The Balaban J connectivity index is 2.05. The van der Waals surface area contributed by atoms with Crippen molar-refractivity contribution in [2.45, 2.75) is 40.0 Å². The van der Waals surface area contributed by atoms with E-state index in [2.05, 4.69) is 55.0 Å². The molecule has 2 heterocycles. The fourth-order valence-corrected chi connectivity index (χ4v) is 3.64. The lowest BCUT2D eigenvalue weighted by molar-refractivity contribution is -0.120. The third kappa shape index (κ3) is 4.51. The molecule has 1 N–H and O–H groups in total. The summed E-state index contributed by atoms with van der Waals surface area (Å²) in [5.74, 6) is -0.358. The van der Waals surface area contributed by atoms with Gasteiger partial charge in [0, 0.05) is 28.8 Å². The molecule has 0 saturated heterocycles. The van der Waals surface area contributed by atoms with Crippen LogP contribution in [0.3, 0.4) is 0 Å². The number of rotatable bonds is 2. The monoisotopic (exact) mass is 395 g/mol. The summed E-state index contributed by atoms with van der Waals surface area (Å²) < 4.78 is 0. The lowest BCUT2D eigenvalue weighted by Crippen LogP contribution is -2.11. The van der Waals surface area contributed by atoms with Gasteiger partial charge in [0.15, 0.2) is 5.17 Å². The third-order valence-electron chi connectivity index (χ3n) is 4.42. The van der Waals surface area contributed by atoms with Crippen molar-refractivity contribution in [2.75, 3.05) is 0 Å². The van der Waals surface area contributed by atoms with Gasteiger partial charge in [0.05, 0.1) is 5.71 Å². The minimum Gasteiger partial charge on any atom is -0.285 e. The molecule has 1 aromatic rings. The van der Waals surface area contributed by atoms with Crippen LogP contribution in [0, 0.1) is 5.92 Å². The molecule has 0 spiro atoms. The SMILES string of the molecule is CC(C)C(=O)N=C1N=C(c2ccc(C(C)(C)C)cc2)C(=C2C=CN(O)C=C2)S1. The van der Waals surface area contributed by atoms with Crippen molar-refractivity contribution in [3.63, 3.8) is 0 Å². The zero-order valence-electron chi connectivity index (χ0n) is 16.8. The van der Waals surface area contributed by atoms with Crippen molar-refractivity contribution >= 4 is 28.5 Å². The molecule has 146 valence electrons. The standard InChI is InChI=1S/C22H25N3O2S/c1-14(2)20(26)24-21-23-18(15-6-8-17(9-7-15)22(3,4)5)19(28-21)16-10-12-25(27)13-11-16/h6-14,27H,1-5H3. The molecule has 6 heteroatoms. The lowest BCUT2D eigenvalue weighted by Gasteiger charge is -2.19. The molecule has 0 unspecified atom stereocenters. The normalized spacial score (nSPS) is 18.5. The molecule has 0 saturated carbocycles. The van der Waals surface area contributed by atoms with Gasteiger partial charge in [-0.15, -0.1) is 0 Å². The van der Waals surface area contributed by atoms with Gasteiger partial charge in [-0.05, 0) is 40.5 Å². The van der Waals surface area contributed by atoms with E-state index in [9.17, 15) is 10.0 Å². The number of allylic oxidation sites excluding steroid dienone is 4. The van der Waals surface area contributed by atoms with E-state index in [4.69, 9.17) is 0 Å². The molecule has 1 aromatic carbocycles. The smallest absolute Gasteiger partial charge is 0.250 e. The number of aliphatic imine (C=N–C) groups is 2. The van der Waals surface area contributed by atoms with E-state index in [0.29, 0.717) is 5.17 Å². The Kier molecular flexibility index (Phi) is 5.72. The highest BCUT2D eigenvalue weighted by Crippen LogP contribution is 2.35. The summed E-state index contributed by atoms with van der Waals surface area (Å²) in [5, 5.41) is 11.0. The lowest BCUT2D eigenvalue weighted by atomic mass is 9.86. The number of hydrogen-bond acceptors (Lipinski definition) is 4. The van der Waals surface area contributed by atoms with Crippen molar-refractivity contribution < 1.29 is 10.0 Å². The van der Waals surface area contributed by atoms with Crippen molar-refractivity contribution in [1.82, 2.24) is 5.06 Å². The first-order valence-corrected chi connectivity index (χ1v) is 10.0. The molecule has 1 amide bonds. The number of benzene rings is 1. The molecule has 3 rings (SSSR count). The molecule has 2 aliphatic heterocycles. The topological polar surface area (TPSA) is 65.3 Å². The predicted molar refractivity (Wildman–Crippen MR) is 115 cm³/mol. The van der Waals surface area contributed by atoms with E-state index >= 15 is 0 Å². The zero-order valence-corrected chi connectivity index (χ0v) is 17.6. The van der Waals surface area contributed by atoms with E-state index in [1.807, 2.05) is 26.0 Å². The van der Waals surface area contributed by atoms with Crippen molar-refractivity contribution in [3.8, 4) is 0 Å². The highest BCUT2D eigenvalue weighted by molar-refractivity contribution is 8.18. The summed E-state index contributed by atoms with van der Waals surface area (Å²) in [7, 11) is 0. The number of hydroxylamine groups is 2. The van der Waals surface area contributed by atoms with Gasteiger partial charge in [-0.3, -0.25) is 10.0 Å². The number of carbonyl (C=O) groups excluding carboxylic acids is 1.